The Bertz CT molecular complexity index is 1350. The zero-order valence-corrected chi connectivity index (χ0v) is 21.0. The SMILES string of the molecule is Cc1ccc(C)c([C@@H]2C[C@H]3C[C@H]2[C@@H]2C(=O)N(c4ccc(Oc5ccc(Cl)cc5Cl)cc4)C(=O)[C@H]32)c1. The Balaban J connectivity index is 1.24. The summed E-state index contributed by atoms with van der Waals surface area (Å²) in [5, 5.41) is 0.941. The zero-order valence-electron chi connectivity index (χ0n) is 19.5. The van der Waals surface area contributed by atoms with Gasteiger partial charge in [0.2, 0.25) is 11.8 Å². The van der Waals surface area contributed by atoms with Gasteiger partial charge in [0.25, 0.3) is 0 Å². The lowest BCUT2D eigenvalue weighted by Crippen LogP contribution is -2.32. The van der Waals surface area contributed by atoms with Gasteiger partial charge >= 0.3 is 0 Å². The van der Waals surface area contributed by atoms with Gasteiger partial charge in [0.15, 0.2) is 0 Å². The van der Waals surface area contributed by atoms with Gasteiger partial charge in [-0.3, -0.25) is 14.5 Å². The van der Waals surface area contributed by atoms with E-state index in [2.05, 4.69) is 32.0 Å². The number of carbonyl (C=O) groups is 2. The van der Waals surface area contributed by atoms with Crippen LogP contribution in [-0.2, 0) is 9.59 Å². The number of aryl methyl sites for hydroxylation is 2. The molecule has 35 heavy (non-hydrogen) atoms. The molecule has 0 aromatic heterocycles. The van der Waals surface area contributed by atoms with Crippen molar-refractivity contribution in [2.45, 2.75) is 32.6 Å². The fourth-order valence-electron chi connectivity index (χ4n) is 6.58. The third kappa shape index (κ3) is 3.66. The van der Waals surface area contributed by atoms with E-state index in [9.17, 15) is 9.59 Å². The molecule has 2 aliphatic carbocycles. The molecule has 6 heteroatoms. The highest BCUT2D eigenvalue weighted by Crippen LogP contribution is 2.62. The molecule has 3 aromatic rings. The lowest BCUT2D eigenvalue weighted by molar-refractivity contribution is -0.123. The van der Waals surface area contributed by atoms with Crippen molar-refractivity contribution in [3.8, 4) is 11.5 Å². The van der Waals surface area contributed by atoms with Crippen molar-refractivity contribution in [2.24, 2.45) is 23.7 Å². The van der Waals surface area contributed by atoms with Crippen LogP contribution in [-0.4, -0.2) is 11.8 Å². The van der Waals surface area contributed by atoms with Gasteiger partial charge in [0.1, 0.15) is 11.5 Å². The minimum absolute atomic E-state index is 0.0543. The molecule has 0 radical (unpaired) electrons. The number of rotatable bonds is 4. The Morgan fingerprint density at radius 3 is 2.34 bits per heavy atom. The minimum Gasteiger partial charge on any atom is -0.456 e. The van der Waals surface area contributed by atoms with Crippen molar-refractivity contribution < 1.29 is 14.3 Å². The van der Waals surface area contributed by atoms with Gasteiger partial charge in [-0.05, 0) is 98.0 Å². The summed E-state index contributed by atoms with van der Waals surface area (Å²) < 4.78 is 5.86. The predicted octanol–water partition coefficient (Wildman–Crippen LogP) is 7.33. The first-order valence-corrected chi connectivity index (χ1v) is 12.8. The van der Waals surface area contributed by atoms with Crippen molar-refractivity contribution in [2.75, 3.05) is 4.90 Å². The van der Waals surface area contributed by atoms with E-state index in [-0.39, 0.29) is 35.5 Å². The van der Waals surface area contributed by atoms with E-state index in [1.165, 1.54) is 21.6 Å². The van der Waals surface area contributed by atoms with Gasteiger partial charge in [-0.1, -0.05) is 47.0 Å². The highest BCUT2D eigenvalue weighted by Gasteiger charge is 2.64. The van der Waals surface area contributed by atoms with Crippen LogP contribution in [0.25, 0.3) is 0 Å². The van der Waals surface area contributed by atoms with E-state index in [4.69, 9.17) is 27.9 Å². The third-order valence-corrected chi connectivity index (χ3v) is 8.60. The van der Waals surface area contributed by atoms with Crippen molar-refractivity contribution in [1.29, 1.82) is 0 Å². The first-order valence-electron chi connectivity index (χ1n) is 12.0. The van der Waals surface area contributed by atoms with E-state index < -0.39 is 0 Å². The first kappa shape index (κ1) is 22.6. The second-order valence-corrected chi connectivity index (χ2v) is 10.9. The van der Waals surface area contributed by atoms with Gasteiger partial charge in [-0.2, -0.15) is 0 Å². The molecule has 3 fully saturated rings. The maximum atomic E-state index is 13.6. The molecule has 4 nitrogen and oxygen atoms in total. The third-order valence-electron chi connectivity index (χ3n) is 8.07. The molecule has 1 aliphatic heterocycles. The summed E-state index contributed by atoms with van der Waals surface area (Å²) >= 11 is 12.2. The largest absolute Gasteiger partial charge is 0.456 e. The summed E-state index contributed by atoms with van der Waals surface area (Å²) in [6.45, 7) is 4.26. The van der Waals surface area contributed by atoms with Crippen LogP contribution in [0, 0.1) is 37.5 Å². The molecule has 6 rings (SSSR count). The van der Waals surface area contributed by atoms with Gasteiger partial charge < -0.3 is 4.74 Å². The maximum absolute atomic E-state index is 13.6. The summed E-state index contributed by atoms with van der Waals surface area (Å²) in [5.41, 5.74) is 4.45. The monoisotopic (exact) mass is 505 g/mol. The van der Waals surface area contributed by atoms with Gasteiger partial charge in [-0.25, -0.2) is 0 Å². The minimum atomic E-state index is -0.227. The van der Waals surface area contributed by atoms with Crippen molar-refractivity contribution >= 4 is 40.7 Å². The molecule has 3 aromatic carbocycles. The molecule has 0 unspecified atom stereocenters. The number of hydrogen-bond acceptors (Lipinski definition) is 3. The topological polar surface area (TPSA) is 46.6 Å². The normalized spacial score (nSPS) is 27.0. The molecular weight excluding hydrogens is 481 g/mol. The highest BCUT2D eigenvalue weighted by atomic mass is 35.5. The Hall–Kier alpha value is -2.82. The number of anilines is 1. The average Bonchev–Trinajstić information content (AvgIpc) is 3.49. The molecule has 1 saturated heterocycles. The van der Waals surface area contributed by atoms with Crippen LogP contribution in [0.2, 0.25) is 10.0 Å². The number of nitrogens with zero attached hydrogens (tertiary/aromatic N) is 1. The second kappa shape index (κ2) is 8.39. The van der Waals surface area contributed by atoms with E-state index in [0.717, 1.165) is 12.8 Å². The highest BCUT2D eigenvalue weighted by molar-refractivity contribution is 6.35. The molecular formula is C29H25Cl2NO3. The van der Waals surface area contributed by atoms with Gasteiger partial charge in [-0.15, -0.1) is 0 Å². The van der Waals surface area contributed by atoms with Crippen LogP contribution in [0.1, 0.15) is 35.4 Å². The number of hydrogen-bond donors (Lipinski definition) is 0. The molecule has 0 N–H and O–H groups in total. The molecule has 2 amide bonds. The standard InChI is InChI=1S/C29H25Cl2NO3/c1-15-3-4-16(2)21(11-15)22-12-17-13-23(22)27-26(17)28(33)32(29(27)34)19-6-8-20(9-7-19)35-25-10-5-18(30)14-24(25)31/h3-11,14,17,22-23,26-27H,12-13H2,1-2H3/t17-,22-,23+,26+,27-/m0/s1. The number of fused-ring (bicyclic) bond motifs is 5. The van der Waals surface area contributed by atoms with E-state index in [0.29, 0.717) is 33.1 Å². The Labute approximate surface area is 214 Å². The number of ether oxygens (including phenoxy) is 1. The number of carbonyl (C=O) groups excluding carboxylic acids is 2. The Morgan fingerprint density at radius 1 is 0.857 bits per heavy atom. The van der Waals surface area contributed by atoms with Crippen LogP contribution < -0.4 is 9.64 Å². The number of halogens is 2. The second-order valence-electron chi connectivity index (χ2n) is 10.1. The van der Waals surface area contributed by atoms with Crippen LogP contribution in [0.15, 0.2) is 60.7 Å². The van der Waals surface area contributed by atoms with Gasteiger partial charge in [0.05, 0.1) is 22.5 Å². The molecule has 1 heterocycles. The molecule has 3 aliphatic rings. The average molecular weight is 506 g/mol. The van der Waals surface area contributed by atoms with E-state index in [1.807, 2.05) is 0 Å². The summed E-state index contributed by atoms with van der Waals surface area (Å²) in [6, 6.07) is 18.6. The summed E-state index contributed by atoms with van der Waals surface area (Å²) in [4.78, 5) is 28.5. The Morgan fingerprint density at radius 2 is 1.60 bits per heavy atom. The quantitative estimate of drug-likeness (QED) is 0.348. The predicted molar refractivity (Wildman–Crippen MR) is 137 cm³/mol. The van der Waals surface area contributed by atoms with E-state index in [1.54, 1.807) is 42.5 Å². The number of imide groups is 1. The number of benzene rings is 3. The van der Waals surface area contributed by atoms with Crippen LogP contribution in [0.5, 0.6) is 11.5 Å². The smallest absolute Gasteiger partial charge is 0.237 e. The fraction of sp³-hybridized carbons (Fsp3) is 0.310. The molecule has 5 atom stereocenters. The lowest BCUT2D eigenvalue weighted by Gasteiger charge is -2.30. The fourth-order valence-corrected chi connectivity index (χ4v) is 7.03. The van der Waals surface area contributed by atoms with Crippen molar-refractivity contribution in [1.82, 2.24) is 0 Å². The van der Waals surface area contributed by atoms with E-state index >= 15 is 0 Å². The van der Waals surface area contributed by atoms with Crippen molar-refractivity contribution in [3.63, 3.8) is 0 Å². The Kier molecular flexibility index (Phi) is 5.43. The molecule has 178 valence electrons. The van der Waals surface area contributed by atoms with Crippen LogP contribution in [0.3, 0.4) is 0 Å². The molecule has 0 spiro atoms. The van der Waals surface area contributed by atoms with Crippen molar-refractivity contribution in [3.05, 3.63) is 87.4 Å². The van der Waals surface area contributed by atoms with Crippen LogP contribution >= 0.6 is 23.2 Å². The zero-order chi connectivity index (χ0) is 24.4. The summed E-state index contributed by atoms with van der Waals surface area (Å²) in [5.74, 6) is 1.35. The number of amides is 2. The summed E-state index contributed by atoms with van der Waals surface area (Å²) in [6.07, 6.45) is 1.95. The first-order chi connectivity index (χ1) is 16.8. The lowest BCUT2D eigenvalue weighted by atomic mass is 9.72. The molecule has 2 bridgehead atoms. The van der Waals surface area contributed by atoms with Crippen LogP contribution in [0.4, 0.5) is 5.69 Å². The molecule has 2 saturated carbocycles. The summed E-state index contributed by atoms with van der Waals surface area (Å²) in [7, 11) is 0. The van der Waals surface area contributed by atoms with Gasteiger partial charge in [0, 0.05) is 5.02 Å². The maximum Gasteiger partial charge on any atom is 0.237 e.